The number of hydrogen-bond donors (Lipinski definition) is 1. The van der Waals surface area contributed by atoms with Crippen molar-refractivity contribution in [3.05, 3.63) is 99.5 Å². The molecule has 0 aromatic heterocycles. The average molecular weight is 464 g/mol. The summed E-state index contributed by atoms with van der Waals surface area (Å²) in [4.78, 5) is 24.4. The van der Waals surface area contributed by atoms with Gasteiger partial charge in [0.15, 0.2) is 12.4 Å². The van der Waals surface area contributed by atoms with Gasteiger partial charge in [-0.15, -0.1) is 0 Å². The maximum absolute atomic E-state index is 12.2. The van der Waals surface area contributed by atoms with Crippen LogP contribution in [0.25, 0.3) is 6.08 Å². The SMILES string of the molecule is Cc1ccc(C)c(OCC(=O)Nc2ccc(/C=C/C(=O)c3ccc(Br)cc3)cc2)c1. The van der Waals surface area contributed by atoms with Crippen LogP contribution in [0.15, 0.2) is 77.3 Å². The molecule has 3 rings (SSSR count). The number of halogens is 1. The predicted octanol–water partition coefficient (Wildman–Crippen LogP) is 5.98. The smallest absolute Gasteiger partial charge is 0.262 e. The van der Waals surface area contributed by atoms with Gasteiger partial charge < -0.3 is 10.1 Å². The first-order valence-corrected chi connectivity index (χ1v) is 10.3. The molecule has 0 unspecified atom stereocenters. The number of allylic oxidation sites excluding steroid dienone is 1. The van der Waals surface area contributed by atoms with Gasteiger partial charge in [0.05, 0.1) is 0 Å². The summed E-state index contributed by atoms with van der Waals surface area (Å²) in [6, 6.07) is 20.4. The van der Waals surface area contributed by atoms with Crippen LogP contribution in [0.5, 0.6) is 5.75 Å². The van der Waals surface area contributed by atoms with Crippen LogP contribution in [0.3, 0.4) is 0 Å². The highest BCUT2D eigenvalue weighted by Crippen LogP contribution is 2.19. The largest absolute Gasteiger partial charge is 0.483 e. The van der Waals surface area contributed by atoms with Crippen molar-refractivity contribution in [2.75, 3.05) is 11.9 Å². The second-order valence-corrected chi connectivity index (χ2v) is 7.85. The number of nitrogens with one attached hydrogen (secondary N) is 1. The first-order valence-electron chi connectivity index (χ1n) is 9.49. The van der Waals surface area contributed by atoms with Gasteiger partial charge in [-0.25, -0.2) is 0 Å². The van der Waals surface area contributed by atoms with Gasteiger partial charge in [0.25, 0.3) is 5.91 Å². The zero-order chi connectivity index (χ0) is 21.5. The van der Waals surface area contributed by atoms with E-state index in [4.69, 9.17) is 4.74 Å². The Bertz CT molecular complexity index is 1070. The average Bonchev–Trinajstić information content (AvgIpc) is 2.74. The summed E-state index contributed by atoms with van der Waals surface area (Å²) in [7, 11) is 0. The summed E-state index contributed by atoms with van der Waals surface area (Å²) < 4.78 is 6.56. The molecule has 0 saturated heterocycles. The molecule has 0 bridgehead atoms. The minimum absolute atomic E-state index is 0.0619. The summed E-state index contributed by atoms with van der Waals surface area (Å²) in [5.74, 6) is 0.411. The Morgan fingerprint density at radius 1 is 0.967 bits per heavy atom. The van der Waals surface area contributed by atoms with Gasteiger partial charge in [0.1, 0.15) is 5.75 Å². The van der Waals surface area contributed by atoms with Gasteiger partial charge in [-0.05, 0) is 79.1 Å². The first kappa shape index (κ1) is 21.5. The van der Waals surface area contributed by atoms with E-state index in [1.54, 1.807) is 30.3 Å². The van der Waals surface area contributed by atoms with E-state index in [-0.39, 0.29) is 18.3 Å². The van der Waals surface area contributed by atoms with Crippen LogP contribution in [0.4, 0.5) is 5.69 Å². The fraction of sp³-hybridized carbons (Fsp3) is 0.120. The van der Waals surface area contributed by atoms with Gasteiger partial charge in [-0.1, -0.05) is 46.3 Å². The molecular weight excluding hydrogens is 442 g/mol. The van der Waals surface area contributed by atoms with Crippen molar-refractivity contribution in [3.63, 3.8) is 0 Å². The van der Waals surface area contributed by atoms with Gasteiger partial charge in [0, 0.05) is 15.7 Å². The number of ether oxygens (including phenoxy) is 1. The number of benzene rings is 3. The highest BCUT2D eigenvalue weighted by atomic mass is 79.9. The van der Waals surface area contributed by atoms with E-state index in [1.165, 1.54) is 6.08 Å². The molecule has 1 amide bonds. The van der Waals surface area contributed by atoms with E-state index in [9.17, 15) is 9.59 Å². The predicted molar refractivity (Wildman–Crippen MR) is 124 cm³/mol. The molecule has 0 aliphatic heterocycles. The quantitative estimate of drug-likeness (QED) is 0.346. The molecule has 5 heteroatoms. The Morgan fingerprint density at radius 2 is 1.67 bits per heavy atom. The molecule has 0 fully saturated rings. The second-order valence-electron chi connectivity index (χ2n) is 6.93. The van der Waals surface area contributed by atoms with E-state index in [2.05, 4.69) is 21.2 Å². The van der Waals surface area contributed by atoms with E-state index in [0.717, 1.165) is 21.2 Å². The second kappa shape index (κ2) is 10.0. The van der Waals surface area contributed by atoms with Crippen molar-refractivity contribution in [1.82, 2.24) is 0 Å². The third-order valence-corrected chi connectivity index (χ3v) is 4.98. The van der Waals surface area contributed by atoms with Crippen molar-refractivity contribution in [3.8, 4) is 5.75 Å². The lowest BCUT2D eigenvalue weighted by molar-refractivity contribution is -0.118. The minimum Gasteiger partial charge on any atom is -0.483 e. The number of anilines is 1. The number of carbonyl (C=O) groups excluding carboxylic acids is 2. The monoisotopic (exact) mass is 463 g/mol. The lowest BCUT2D eigenvalue weighted by atomic mass is 10.1. The number of ketones is 1. The van der Waals surface area contributed by atoms with Crippen molar-refractivity contribution in [2.24, 2.45) is 0 Å². The van der Waals surface area contributed by atoms with Gasteiger partial charge in [0.2, 0.25) is 0 Å². The van der Waals surface area contributed by atoms with Gasteiger partial charge in [-0.2, -0.15) is 0 Å². The molecule has 0 spiro atoms. The van der Waals surface area contributed by atoms with Crippen LogP contribution < -0.4 is 10.1 Å². The maximum Gasteiger partial charge on any atom is 0.262 e. The van der Waals surface area contributed by atoms with Crippen molar-refractivity contribution >= 4 is 39.4 Å². The Labute approximate surface area is 184 Å². The summed E-state index contributed by atoms with van der Waals surface area (Å²) in [5.41, 5.74) is 4.23. The normalized spacial score (nSPS) is 10.8. The van der Waals surface area contributed by atoms with E-state index in [0.29, 0.717) is 17.0 Å². The Kier molecular flexibility index (Phi) is 7.20. The van der Waals surface area contributed by atoms with Crippen LogP contribution in [0.2, 0.25) is 0 Å². The molecule has 0 aliphatic rings. The molecule has 3 aromatic rings. The summed E-state index contributed by atoms with van der Waals surface area (Å²) in [6.45, 7) is 3.86. The van der Waals surface area contributed by atoms with Crippen LogP contribution in [0.1, 0.15) is 27.0 Å². The van der Waals surface area contributed by atoms with Crippen LogP contribution in [-0.4, -0.2) is 18.3 Å². The first-order chi connectivity index (χ1) is 14.4. The molecule has 4 nitrogen and oxygen atoms in total. The van der Waals surface area contributed by atoms with E-state index >= 15 is 0 Å². The molecule has 3 aromatic carbocycles. The van der Waals surface area contributed by atoms with Crippen LogP contribution in [0, 0.1) is 13.8 Å². The number of hydrogen-bond acceptors (Lipinski definition) is 3. The maximum atomic E-state index is 12.2. The van der Waals surface area contributed by atoms with Crippen molar-refractivity contribution in [1.29, 1.82) is 0 Å². The molecule has 0 heterocycles. The van der Waals surface area contributed by atoms with Crippen LogP contribution in [-0.2, 0) is 4.79 Å². The number of carbonyl (C=O) groups is 2. The highest BCUT2D eigenvalue weighted by Gasteiger charge is 2.06. The zero-order valence-electron chi connectivity index (χ0n) is 16.8. The summed E-state index contributed by atoms with van der Waals surface area (Å²) in [5, 5.41) is 2.81. The summed E-state index contributed by atoms with van der Waals surface area (Å²) >= 11 is 3.35. The number of aryl methyl sites for hydroxylation is 2. The molecule has 30 heavy (non-hydrogen) atoms. The Morgan fingerprint density at radius 3 is 2.37 bits per heavy atom. The number of amides is 1. The van der Waals surface area contributed by atoms with Gasteiger partial charge in [-0.3, -0.25) is 9.59 Å². The molecular formula is C25H22BrNO3. The van der Waals surface area contributed by atoms with Gasteiger partial charge >= 0.3 is 0 Å². The van der Waals surface area contributed by atoms with Crippen molar-refractivity contribution in [2.45, 2.75) is 13.8 Å². The Hall–Kier alpha value is -3.18. The third kappa shape index (κ3) is 6.16. The Balaban J connectivity index is 1.53. The van der Waals surface area contributed by atoms with Crippen molar-refractivity contribution < 1.29 is 14.3 Å². The third-order valence-electron chi connectivity index (χ3n) is 4.45. The molecule has 1 N–H and O–H groups in total. The van der Waals surface area contributed by atoms with E-state index in [1.807, 2.05) is 56.3 Å². The zero-order valence-corrected chi connectivity index (χ0v) is 18.4. The fourth-order valence-corrected chi connectivity index (χ4v) is 3.03. The topological polar surface area (TPSA) is 55.4 Å². The lowest BCUT2D eigenvalue weighted by Gasteiger charge is -2.10. The standard InChI is InChI=1S/C25H22BrNO3/c1-17-3-4-18(2)24(15-17)30-16-25(29)27-22-12-5-19(6-13-22)7-14-23(28)20-8-10-21(26)11-9-20/h3-15H,16H2,1-2H3,(H,27,29)/b14-7+. The molecule has 152 valence electrons. The minimum atomic E-state index is -0.232. The fourth-order valence-electron chi connectivity index (χ4n) is 2.76. The lowest BCUT2D eigenvalue weighted by Crippen LogP contribution is -2.20. The molecule has 0 atom stereocenters. The molecule has 0 saturated carbocycles. The summed E-state index contributed by atoms with van der Waals surface area (Å²) in [6.07, 6.45) is 3.29. The molecule has 0 aliphatic carbocycles. The number of rotatable bonds is 7. The van der Waals surface area contributed by atoms with Crippen LogP contribution >= 0.6 is 15.9 Å². The highest BCUT2D eigenvalue weighted by molar-refractivity contribution is 9.10. The molecule has 0 radical (unpaired) electrons. The van der Waals surface area contributed by atoms with E-state index < -0.39 is 0 Å².